The number of carbonyl (C=O) groups excluding carboxylic acids is 3. The highest BCUT2D eigenvalue weighted by atomic mass is 35.5. The van der Waals surface area contributed by atoms with Crippen molar-refractivity contribution in [3.05, 3.63) is 106 Å². The average molecular weight is 492 g/mol. The standard InChI is InChI=1S/C27H26ClN3O4/c28-22-12-10-18(11-13-22)14-23(25(29)32)30-26(33)24-15-20-8-4-5-9-21(20)16-31(24)27(34)35-17-19-6-2-1-3-7-19/h1-13,23-24H,14-17H2,(H2,29,32)(H,30,33)/t23-,24-/m0/s1. The number of fused-ring (bicyclic) bond motifs is 1. The number of hydrogen-bond donors (Lipinski definition) is 2. The van der Waals surface area contributed by atoms with E-state index < -0.39 is 30.0 Å². The van der Waals surface area contributed by atoms with Crippen molar-refractivity contribution in [1.82, 2.24) is 10.2 Å². The first-order valence-corrected chi connectivity index (χ1v) is 11.7. The van der Waals surface area contributed by atoms with Crippen LogP contribution in [0.4, 0.5) is 4.79 Å². The van der Waals surface area contributed by atoms with E-state index in [0.29, 0.717) is 11.4 Å². The Balaban J connectivity index is 1.51. The van der Waals surface area contributed by atoms with Crippen LogP contribution >= 0.6 is 11.6 Å². The normalized spacial score (nSPS) is 15.6. The molecule has 0 aromatic heterocycles. The van der Waals surface area contributed by atoms with Gasteiger partial charge in [0.2, 0.25) is 11.8 Å². The lowest BCUT2D eigenvalue weighted by Gasteiger charge is -2.35. The molecule has 0 saturated heterocycles. The second-order valence-electron chi connectivity index (χ2n) is 8.45. The molecular formula is C27H26ClN3O4. The zero-order valence-electron chi connectivity index (χ0n) is 19.0. The molecule has 7 nitrogen and oxygen atoms in total. The summed E-state index contributed by atoms with van der Waals surface area (Å²) in [5, 5.41) is 3.31. The molecule has 1 aliphatic heterocycles. The summed E-state index contributed by atoms with van der Waals surface area (Å²) in [7, 11) is 0. The van der Waals surface area contributed by atoms with Gasteiger partial charge < -0.3 is 15.8 Å². The van der Waals surface area contributed by atoms with Gasteiger partial charge in [0.1, 0.15) is 18.7 Å². The SMILES string of the molecule is NC(=O)[C@H](Cc1ccc(Cl)cc1)NC(=O)[C@@H]1Cc2ccccc2CN1C(=O)OCc1ccccc1. The van der Waals surface area contributed by atoms with E-state index in [1.165, 1.54) is 4.90 Å². The first-order chi connectivity index (χ1) is 16.9. The molecule has 1 aliphatic rings. The van der Waals surface area contributed by atoms with E-state index in [-0.39, 0.29) is 19.6 Å². The van der Waals surface area contributed by atoms with Crippen LogP contribution in [0, 0.1) is 0 Å². The summed E-state index contributed by atoms with van der Waals surface area (Å²) in [6, 6.07) is 22.1. The molecule has 0 aliphatic carbocycles. The summed E-state index contributed by atoms with van der Waals surface area (Å²) >= 11 is 5.94. The lowest BCUT2D eigenvalue weighted by Crippen LogP contribution is -2.56. The molecule has 0 unspecified atom stereocenters. The Hall–Kier alpha value is -3.84. The molecule has 3 aromatic rings. The van der Waals surface area contributed by atoms with Crippen molar-refractivity contribution in [1.29, 1.82) is 0 Å². The van der Waals surface area contributed by atoms with Crippen LogP contribution in [0.5, 0.6) is 0 Å². The van der Waals surface area contributed by atoms with Gasteiger partial charge in [0, 0.05) is 17.9 Å². The van der Waals surface area contributed by atoms with E-state index in [2.05, 4.69) is 5.32 Å². The highest BCUT2D eigenvalue weighted by molar-refractivity contribution is 6.30. The predicted octanol–water partition coefficient (Wildman–Crippen LogP) is 3.62. The van der Waals surface area contributed by atoms with Crippen LogP contribution < -0.4 is 11.1 Å². The topological polar surface area (TPSA) is 102 Å². The van der Waals surface area contributed by atoms with Gasteiger partial charge in [0.25, 0.3) is 0 Å². The zero-order chi connectivity index (χ0) is 24.8. The van der Waals surface area contributed by atoms with E-state index in [1.807, 2.05) is 54.6 Å². The lowest BCUT2D eigenvalue weighted by molar-refractivity contribution is -0.131. The fourth-order valence-electron chi connectivity index (χ4n) is 4.10. The fraction of sp³-hybridized carbons (Fsp3) is 0.222. The van der Waals surface area contributed by atoms with Crippen molar-refractivity contribution in [3.63, 3.8) is 0 Å². The molecular weight excluding hydrogens is 466 g/mol. The van der Waals surface area contributed by atoms with Crippen molar-refractivity contribution >= 4 is 29.5 Å². The van der Waals surface area contributed by atoms with Gasteiger partial charge in [-0.15, -0.1) is 0 Å². The first-order valence-electron chi connectivity index (χ1n) is 11.3. The molecule has 8 heteroatoms. The molecule has 0 radical (unpaired) electrons. The number of nitrogens with zero attached hydrogens (tertiary/aromatic N) is 1. The number of amides is 3. The van der Waals surface area contributed by atoms with Gasteiger partial charge in [-0.1, -0.05) is 78.3 Å². The maximum absolute atomic E-state index is 13.4. The third-order valence-corrected chi connectivity index (χ3v) is 6.26. The third kappa shape index (κ3) is 6.19. The number of primary amides is 1. The Bertz CT molecular complexity index is 1200. The van der Waals surface area contributed by atoms with E-state index in [0.717, 1.165) is 22.3 Å². The highest BCUT2D eigenvalue weighted by Crippen LogP contribution is 2.25. The molecule has 0 fully saturated rings. The number of ether oxygens (including phenoxy) is 1. The Morgan fingerprint density at radius 2 is 1.60 bits per heavy atom. The van der Waals surface area contributed by atoms with Crippen LogP contribution in [0.3, 0.4) is 0 Å². The Morgan fingerprint density at radius 1 is 0.943 bits per heavy atom. The molecule has 2 atom stereocenters. The molecule has 3 aromatic carbocycles. The van der Waals surface area contributed by atoms with Crippen molar-refractivity contribution in [2.45, 2.75) is 38.1 Å². The molecule has 35 heavy (non-hydrogen) atoms. The maximum atomic E-state index is 13.4. The van der Waals surface area contributed by atoms with Gasteiger partial charge in [-0.05, 0) is 34.4 Å². The van der Waals surface area contributed by atoms with Crippen LogP contribution in [0.2, 0.25) is 5.02 Å². The smallest absolute Gasteiger partial charge is 0.411 e. The predicted molar refractivity (Wildman–Crippen MR) is 132 cm³/mol. The maximum Gasteiger partial charge on any atom is 0.411 e. The van der Waals surface area contributed by atoms with Crippen molar-refractivity contribution in [3.8, 4) is 0 Å². The fourth-order valence-corrected chi connectivity index (χ4v) is 4.22. The molecule has 180 valence electrons. The van der Waals surface area contributed by atoms with Crippen LogP contribution in [-0.2, 0) is 40.3 Å². The quantitative estimate of drug-likeness (QED) is 0.527. The first kappa shape index (κ1) is 24.3. The molecule has 3 N–H and O–H groups in total. The summed E-state index contributed by atoms with van der Waals surface area (Å²) in [4.78, 5) is 40.0. The van der Waals surface area contributed by atoms with Crippen LogP contribution in [0.1, 0.15) is 22.3 Å². The molecule has 0 saturated carbocycles. The monoisotopic (exact) mass is 491 g/mol. The number of benzene rings is 3. The number of halogens is 1. The van der Waals surface area contributed by atoms with E-state index in [9.17, 15) is 14.4 Å². The highest BCUT2D eigenvalue weighted by Gasteiger charge is 2.37. The number of nitrogens with two attached hydrogens (primary N) is 1. The van der Waals surface area contributed by atoms with Gasteiger partial charge in [-0.2, -0.15) is 0 Å². The largest absolute Gasteiger partial charge is 0.445 e. The molecule has 1 heterocycles. The summed E-state index contributed by atoms with van der Waals surface area (Å²) in [5.74, 6) is -1.13. The average Bonchev–Trinajstić information content (AvgIpc) is 2.87. The van der Waals surface area contributed by atoms with Crippen molar-refractivity contribution in [2.24, 2.45) is 5.73 Å². The summed E-state index contributed by atoms with van der Waals surface area (Å²) < 4.78 is 5.53. The molecule has 3 amide bonds. The van der Waals surface area contributed by atoms with E-state index in [4.69, 9.17) is 22.1 Å². The minimum Gasteiger partial charge on any atom is -0.445 e. The number of rotatable bonds is 7. The third-order valence-electron chi connectivity index (χ3n) is 6.00. The lowest BCUT2D eigenvalue weighted by atomic mass is 9.93. The Labute approximate surface area is 208 Å². The Kier molecular flexibility index (Phi) is 7.67. The van der Waals surface area contributed by atoms with Gasteiger partial charge in [0.15, 0.2) is 0 Å². The second kappa shape index (κ2) is 11.1. The Morgan fingerprint density at radius 3 is 2.29 bits per heavy atom. The molecule has 0 spiro atoms. The van der Waals surface area contributed by atoms with Crippen molar-refractivity contribution < 1.29 is 19.1 Å². The van der Waals surface area contributed by atoms with Crippen LogP contribution in [-0.4, -0.2) is 34.9 Å². The van der Waals surface area contributed by atoms with Gasteiger partial charge >= 0.3 is 6.09 Å². The zero-order valence-corrected chi connectivity index (χ0v) is 19.8. The number of hydrogen-bond acceptors (Lipinski definition) is 4. The van der Waals surface area contributed by atoms with Crippen LogP contribution in [0.25, 0.3) is 0 Å². The summed E-state index contributed by atoms with van der Waals surface area (Å²) in [6.45, 7) is 0.312. The second-order valence-corrected chi connectivity index (χ2v) is 8.89. The van der Waals surface area contributed by atoms with Crippen molar-refractivity contribution in [2.75, 3.05) is 0 Å². The van der Waals surface area contributed by atoms with Crippen LogP contribution in [0.15, 0.2) is 78.9 Å². The minimum atomic E-state index is -0.942. The van der Waals surface area contributed by atoms with Gasteiger partial charge in [0.05, 0.1) is 6.54 Å². The van der Waals surface area contributed by atoms with E-state index >= 15 is 0 Å². The number of nitrogens with one attached hydrogen (secondary N) is 1. The van der Waals surface area contributed by atoms with Gasteiger partial charge in [-0.3, -0.25) is 14.5 Å². The van der Waals surface area contributed by atoms with E-state index in [1.54, 1.807) is 24.3 Å². The minimum absolute atomic E-state index is 0.0899. The molecule has 0 bridgehead atoms. The summed E-state index contributed by atoms with van der Waals surface area (Å²) in [5.41, 5.74) is 9.14. The summed E-state index contributed by atoms with van der Waals surface area (Å²) in [6.07, 6.45) is -0.0914. The van der Waals surface area contributed by atoms with Gasteiger partial charge in [-0.25, -0.2) is 4.79 Å². The molecule has 4 rings (SSSR count). The number of carbonyl (C=O) groups is 3.